The van der Waals surface area contributed by atoms with Crippen LogP contribution in [0.25, 0.3) is 0 Å². The fourth-order valence-corrected chi connectivity index (χ4v) is 3.20. The number of hydrogen-bond acceptors (Lipinski definition) is 8. The van der Waals surface area contributed by atoms with Crippen molar-refractivity contribution in [1.82, 2.24) is 10.8 Å². The molecule has 0 aromatic heterocycles. The molecule has 0 spiro atoms. The monoisotopic (exact) mass is 369 g/mol. The van der Waals surface area contributed by atoms with Crippen molar-refractivity contribution in [2.24, 2.45) is 11.8 Å². The highest BCUT2D eigenvalue weighted by Gasteiger charge is 2.23. The molecular weight excluding hydrogens is 342 g/mol. The summed E-state index contributed by atoms with van der Waals surface area (Å²) in [7, 11) is 0. The van der Waals surface area contributed by atoms with Crippen LogP contribution in [0.1, 0.15) is 39.5 Å². The first-order valence-electron chi connectivity index (χ1n) is 7.20. The molecular formula is C13H27N3O5S2. The molecule has 1 fully saturated rings. The van der Waals surface area contributed by atoms with Gasteiger partial charge in [-0.15, -0.1) is 0 Å². The maximum Gasteiger partial charge on any atom is 0.265 e. The van der Waals surface area contributed by atoms with E-state index in [2.05, 4.69) is 30.8 Å². The van der Waals surface area contributed by atoms with Gasteiger partial charge in [-0.2, -0.15) is 12.6 Å². The smallest absolute Gasteiger partial charge is 0.265 e. The lowest BCUT2D eigenvalue weighted by atomic mass is 10.0. The van der Waals surface area contributed by atoms with Crippen molar-refractivity contribution in [2.75, 3.05) is 11.5 Å². The van der Waals surface area contributed by atoms with Crippen molar-refractivity contribution in [3.8, 4) is 0 Å². The molecule has 0 bridgehead atoms. The fourth-order valence-electron chi connectivity index (χ4n) is 1.87. The molecule has 23 heavy (non-hydrogen) atoms. The summed E-state index contributed by atoms with van der Waals surface area (Å²) in [5.41, 5.74) is 1.47. The number of hydrogen-bond donors (Lipinski definition) is 6. The first-order chi connectivity index (χ1) is 11.0. The van der Waals surface area contributed by atoms with Gasteiger partial charge in [0, 0.05) is 18.6 Å². The minimum atomic E-state index is -0.704. The van der Waals surface area contributed by atoms with E-state index >= 15 is 0 Å². The Labute approximate surface area is 146 Å². The second kappa shape index (κ2) is 16.1. The standard InChI is InChI=1S/C7H12OS.C6H12N2O3S.H3NO/c1-2-3-6-4-5-9-7(6)8;1-4(9)7-5(2-3-12)6(10)8-11;1-2/h6H,2-5H2,1H3;5,11-12H,2-3H2,1H3,(H,7,9)(H,8,10);2H,1H2. The zero-order chi connectivity index (χ0) is 18.3. The second-order valence-electron chi connectivity index (χ2n) is 4.68. The van der Waals surface area contributed by atoms with Gasteiger partial charge < -0.3 is 10.5 Å². The van der Waals surface area contributed by atoms with Gasteiger partial charge in [-0.05, 0) is 25.0 Å². The molecule has 10 heteroatoms. The zero-order valence-electron chi connectivity index (χ0n) is 13.4. The molecule has 6 N–H and O–H groups in total. The quantitative estimate of drug-likeness (QED) is 0.230. The van der Waals surface area contributed by atoms with E-state index in [1.54, 1.807) is 0 Å². The summed E-state index contributed by atoms with van der Waals surface area (Å²) in [6, 6.07) is -0.704. The fraction of sp³-hybridized carbons (Fsp3) is 0.769. The van der Waals surface area contributed by atoms with Gasteiger partial charge in [0.15, 0.2) is 5.12 Å². The van der Waals surface area contributed by atoms with Crippen molar-refractivity contribution >= 4 is 41.3 Å². The van der Waals surface area contributed by atoms with Crippen LogP contribution in [-0.2, 0) is 14.4 Å². The van der Waals surface area contributed by atoms with Gasteiger partial charge >= 0.3 is 0 Å². The van der Waals surface area contributed by atoms with Gasteiger partial charge in [-0.1, -0.05) is 25.1 Å². The van der Waals surface area contributed by atoms with Gasteiger partial charge in [0.1, 0.15) is 6.04 Å². The Morgan fingerprint density at radius 2 is 2.09 bits per heavy atom. The average molecular weight is 370 g/mol. The largest absolute Gasteiger partial charge is 0.344 e. The van der Waals surface area contributed by atoms with Crippen LogP contribution in [0.2, 0.25) is 0 Å². The van der Waals surface area contributed by atoms with Crippen molar-refractivity contribution in [2.45, 2.75) is 45.6 Å². The van der Waals surface area contributed by atoms with Crippen LogP contribution in [0.3, 0.4) is 0 Å². The minimum Gasteiger partial charge on any atom is -0.344 e. The summed E-state index contributed by atoms with van der Waals surface area (Å²) in [5, 5.41) is 17.6. The molecule has 2 atom stereocenters. The van der Waals surface area contributed by atoms with Gasteiger partial charge in [0.05, 0.1) is 0 Å². The Hall–Kier alpha value is -0.810. The number of carbonyl (C=O) groups is 3. The number of thioether (sulfide) groups is 1. The number of rotatable bonds is 6. The predicted octanol–water partition coefficient (Wildman–Crippen LogP) is 0.717. The highest BCUT2D eigenvalue weighted by atomic mass is 32.2. The molecule has 1 rings (SSSR count). The normalized spacial score (nSPS) is 17.1. The first kappa shape index (κ1) is 24.4. The second-order valence-corrected chi connectivity index (χ2v) is 6.23. The van der Waals surface area contributed by atoms with E-state index in [9.17, 15) is 14.4 Å². The lowest BCUT2D eigenvalue weighted by Crippen LogP contribution is -2.45. The van der Waals surface area contributed by atoms with Gasteiger partial charge in [-0.25, -0.2) is 11.4 Å². The summed E-state index contributed by atoms with van der Waals surface area (Å²) in [4.78, 5) is 32.3. The van der Waals surface area contributed by atoms with Gasteiger partial charge in [-0.3, -0.25) is 19.6 Å². The molecule has 2 amide bonds. The van der Waals surface area contributed by atoms with Crippen LogP contribution in [0.4, 0.5) is 0 Å². The molecule has 8 nitrogen and oxygen atoms in total. The molecule has 1 aliphatic rings. The lowest BCUT2D eigenvalue weighted by molar-refractivity contribution is -0.134. The van der Waals surface area contributed by atoms with Crippen LogP contribution >= 0.6 is 24.4 Å². The van der Waals surface area contributed by atoms with E-state index in [4.69, 9.17) is 10.4 Å². The van der Waals surface area contributed by atoms with Crippen molar-refractivity contribution in [1.29, 1.82) is 0 Å². The van der Waals surface area contributed by atoms with Crippen LogP contribution < -0.4 is 16.7 Å². The topological polar surface area (TPSA) is 142 Å². The maximum atomic E-state index is 10.9. The molecule has 1 heterocycles. The van der Waals surface area contributed by atoms with Crippen LogP contribution in [0, 0.1) is 5.92 Å². The average Bonchev–Trinajstić information content (AvgIpc) is 2.94. The third-order valence-electron chi connectivity index (χ3n) is 2.90. The van der Waals surface area contributed by atoms with Crippen LogP contribution in [-0.4, -0.2) is 44.9 Å². The molecule has 0 radical (unpaired) electrons. The molecule has 1 aliphatic heterocycles. The van der Waals surface area contributed by atoms with E-state index in [1.807, 2.05) is 0 Å². The van der Waals surface area contributed by atoms with E-state index in [1.165, 1.54) is 24.2 Å². The molecule has 136 valence electrons. The van der Waals surface area contributed by atoms with Crippen molar-refractivity contribution in [3.63, 3.8) is 0 Å². The Morgan fingerprint density at radius 1 is 1.48 bits per heavy atom. The summed E-state index contributed by atoms with van der Waals surface area (Å²) in [6.07, 6.45) is 3.76. The third-order valence-corrected chi connectivity index (χ3v) is 4.22. The van der Waals surface area contributed by atoms with E-state index in [0.29, 0.717) is 23.2 Å². The van der Waals surface area contributed by atoms with E-state index in [0.717, 1.165) is 25.0 Å². The molecule has 0 aromatic carbocycles. The predicted molar refractivity (Wildman–Crippen MR) is 92.5 cm³/mol. The summed E-state index contributed by atoms with van der Waals surface area (Å²) < 4.78 is 0. The number of amides is 2. The minimum absolute atomic E-state index is 0.314. The zero-order valence-corrected chi connectivity index (χ0v) is 15.2. The molecule has 0 aliphatic carbocycles. The summed E-state index contributed by atoms with van der Waals surface area (Å²) in [5.74, 6) is 4.48. The lowest BCUT2D eigenvalue weighted by Gasteiger charge is -2.13. The van der Waals surface area contributed by atoms with E-state index in [-0.39, 0.29) is 5.91 Å². The Bertz CT molecular complexity index is 359. The SMILES string of the molecule is CC(=O)NC(CCS)C(=O)NO.CCCC1CCSC1=O.NO. The van der Waals surface area contributed by atoms with Gasteiger partial charge in [0.25, 0.3) is 5.91 Å². The van der Waals surface area contributed by atoms with E-state index < -0.39 is 11.9 Å². The summed E-state index contributed by atoms with van der Waals surface area (Å²) in [6.45, 7) is 3.44. The van der Waals surface area contributed by atoms with Gasteiger partial charge in [0.2, 0.25) is 5.91 Å². The highest BCUT2D eigenvalue weighted by Crippen LogP contribution is 2.28. The van der Waals surface area contributed by atoms with Crippen molar-refractivity contribution < 1.29 is 24.8 Å². The summed E-state index contributed by atoms with van der Waals surface area (Å²) >= 11 is 5.41. The van der Waals surface area contributed by atoms with Crippen LogP contribution in [0.15, 0.2) is 0 Å². The number of nitrogens with one attached hydrogen (secondary N) is 2. The third kappa shape index (κ3) is 12.3. The highest BCUT2D eigenvalue weighted by molar-refractivity contribution is 8.14. The number of thiol groups is 1. The Balaban J connectivity index is 0. The number of nitrogens with two attached hydrogens (primary N) is 1. The maximum absolute atomic E-state index is 10.9. The molecule has 0 saturated carbocycles. The first-order valence-corrected chi connectivity index (χ1v) is 8.82. The Morgan fingerprint density at radius 3 is 2.43 bits per heavy atom. The van der Waals surface area contributed by atoms with Crippen molar-refractivity contribution in [3.05, 3.63) is 0 Å². The molecule has 0 aromatic rings. The number of carbonyl (C=O) groups excluding carboxylic acids is 3. The van der Waals surface area contributed by atoms with Crippen LogP contribution in [0.5, 0.6) is 0 Å². The molecule has 2 unspecified atom stereocenters. The molecule has 1 saturated heterocycles. The number of hydroxylamine groups is 1. The Kier molecular flexibility index (Phi) is 17.1.